The SMILES string of the molecule is CC(C)c1noc2nc(C3CC3)cc(C(=O)N3C[C@@H](C)[C@H](C(=O)O)C3)c12. The quantitative estimate of drug-likeness (QED) is 0.903. The molecule has 138 valence electrons. The predicted molar refractivity (Wildman–Crippen MR) is 94.1 cm³/mol. The van der Waals surface area contributed by atoms with Gasteiger partial charge in [0.15, 0.2) is 0 Å². The molecule has 0 unspecified atom stereocenters. The summed E-state index contributed by atoms with van der Waals surface area (Å²) in [4.78, 5) is 30.9. The van der Waals surface area contributed by atoms with Gasteiger partial charge in [0, 0.05) is 24.7 Å². The van der Waals surface area contributed by atoms with Crippen LogP contribution in [-0.4, -0.2) is 45.1 Å². The molecule has 7 nitrogen and oxygen atoms in total. The number of pyridine rings is 1. The second kappa shape index (κ2) is 6.07. The molecular weight excluding hydrogens is 334 g/mol. The molecule has 0 spiro atoms. The van der Waals surface area contributed by atoms with E-state index in [4.69, 9.17) is 4.52 Å². The molecule has 1 amide bonds. The van der Waals surface area contributed by atoms with Crippen molar-refractivity contribution in [2.24, 2.45) is 11.8 Å². The van der Waals surface area contributed by atoms with E-state index in [1.165, 1.54) is 0 Å². The average Bonchev–Trinajstić information content (AvgIpc) is 3.23. The van der Waals surface area contributed by atoms with Crippen LogP contribution in [0.1, 0.15) is 67.2 Å². The number of carbonyl (C=O) groups excluding carboxylic acids is 1. The molecule has 26 heavy (non-hydrogen) atoms. The molecule has 0 bridgehead atoms. The van der Waals surface area contributed by atoms with Crippen molar-refractivity contribution in [1.82, 2.24) is 15.0 Å². The number of hydrogen-bond donors (Lipinski definition) is 1. The first kappa shape index (κ1) is 17.0. The lowest BCUT2D eigenvalue weighted by Crippen LogP contribution is -2.30. The summed E-state index contributed by atoms with van der Waals surface area (Å²) in [5, 5.41) is 14.2. The van der Waals surface area contributed by atoms with Gasteiger partial charge in [-0.1, -0.05) is 25.9 Å². The van der Waals surface area contributed by atoms with Gasteiger partial charge in [-0.15, -0.1) is 0 Å². The van der Waals surface area contributed by atoms with Gasteiger partial charge in [-0.3, -0.25) is 9.59 Å². The fraction of sp³-hybridized carbons (Fsp3) is 0.579. The molecule has 4 rings (SSSR count). The largest absolute Gasteiger partial charge is 0.481 e. The van der Waals surface area contributed by atoms with Gasteiger partial charge in [-0.2, -0.15) is 0 Å². The standard InChI is InChI=1S/C19H23N3O4/c1-9(2)16-15-12(6-14(11-4-5-11)20-17(15)26-21-16)18(23)22-7-10(3)13(8-22)19(24)25/h6,9-11,13H,4-5,7-8H2,1-3H3,(H,24,25)/t10-,13-/m1/s1. The number of likely N-dealkylation sites (tertiary alicyclic amines) is 1. The number of carboxylic acid groups (broad SMARTS) is 1. The van der Waals surface area contributed by atoms with E-state index >= 15 is 0 Å². The lowest BCUT2D eigenvalue weighted by molar-refractivity contribution is -0.142. The predicted octanol–water partition coefficient (Wildman–Crippen LogP) is 3.02. The van der Waals surface area contributed by atoms with Crippen molar-refractivity contribution >= 4 is 23.0 Å². The van der Waals surface area contributed by atoms with Crippen molar-refractivity contribution in [2.45, 2.75) is 45.4 Å². The Morgan fingerprint density at radius 3 is 2.62 bits per heavy atom. The van der Waals surface area contributed by atoms with E-state index in [2.05, 4.69) is 10.1 Å². The van der Waals surface area contributed by atoms with Crippen LogP contribution in [0, 0.1) is 11.8 Å². The maximum atomic E-state index is 13.3. The Hall–Kier alpha value is -2.44. The summed E-state index contributed by atoms with van der Waals surface area (Å²) in [6.45, 7) is 6.56. The lowest BCUT2D eigenvalue weighted by Gasteiger charge is -2.17. The summed E-state index contributed by atoms with van der Waals surface area (Å²) in [5.41, 5.74) is 2.54. The molecular formula is C19H23N3O4. The minimum Gasteiger partial charge on any atom is -0.481 e. The number of amides is 1. The van der Waals surface area contributed by atoms with Gasteiger partial charge in [0.2, 0.25) is 0 Å². The topological polar surface area (TPSA) is 96.5 Å². The monoisotopic (exact) mass is 357 g/mol. The molecule has 0 aromatic carbocycles. The highest BCUT2D eigenvalue weighted by Crippen LogP contribution is 2.41. The Morgan fingerprint density at radius 1 is 1.31 bits per heavy atom. The molecule has 1 aliphatic heterocycles. The molecule has 1 N–H and O–H groups in total. The molecule has 0 radical (unpaired) electrons. The van der Waals surface area contributed by atoms with Crippen molar-refractivity contribution in [3.8, 4) is 0 Å². The molecule has 2 aromatic rings. The Labute approximate surface area is 151 Å². The van der Waals surface area contributed by atoms with Crippen LogP contribution in [0.2, 0.25) is 0 Å². The summed E-state index contributed by atoms with van der Waals surface area (Å²) in [7, 11) is 0. The van der Waals surface area contributed by atoms with E-state index < -0.39 is 11.9 Å². The van der Waals surface area contributed by atoms with Gasteiger partial charge >= 0.3 is 5.97 Å². The summed E-state index contributed by atoms with van der Waals surface area (Å²) in [5.74, 6) is -1.11. The third kappa shape index (κ3) is 2.75. The maximum absolute atomic E-state index is 13.3. The van der Waals surface area contributed by atoms with Crippen LogP contribution in [0.15, 0.2) is 10.6 Å². The number of nitrogens with zero attached hydrogens (tertiary/aromatic N) is 3. The first-order chi connectivity index (χ1) is 12.4. The van der Waals surface area contributed by atoms with Gasteiger partial charge in [-0.25, -0.2) is 4.98 Å². The first-order valence-corrected chi connectivity index (χ1v) is 9.19. The van der Waals surface area contributed by atoms with Crippen LogP contribution < -0.4 is 0 Å². The van der Waals surface area contributed by atoms with Gasteiger partial charge in [0.1, 0.15) is 0 Å². The van der Waals surface area contributed by atoms with Crippen LogP contribution in [0.25, 0.3) is 11.1 Å². The maximum Gasteiger partial charge on any atom is 0.308 e. The Morgan fingerprint density at radius 2 is 2.04 bits per heavy atom. The van der Waals surface area contributed by atoms with E-state index in [0.29, 0.717) is 29.1 Å². The van der Waals surface area contributed by atoms with Crippen LogP contribution in [-0.2, 0) is 4.79 Å². The van der Waals surface area contributed by atoms with Gasteiger partial charge in [0.05, 0.1) is 22.6 Å². The molecule has 2 aliphatic rings. The molecule has 1 saturated heterocycles. The Balaban J connectivity index is 1.78. The first-order valence-electron chi connectivity index (χ1n) is 9.19. The fourth-order valence-electron chi connectivity index (χ4n) is 3.77. The zero-order valence-electron chi connectivity index (χ0n) is 15.2. The highest BCUT2D eigenvalue weighted by molar-refractivity contribution is 6.06. The number of aliphatic carboxylic acids is 1. The van der Waals surface area contributed by atoms with E-state index in [0.717, 1.165) is 24.2 Å². The van der Waals surface area contributed by atoms with Crippen LogP contribution >= 0.6 is 0 Å². The van der Waals surface area contributed by atoms with E-state index in [-0.39, 0.29) is 24.3 Å². The minimum absolute atomic E-state index is 0.0660. The van der Waals surface area contributed by atoms with Crippen LogP contribution in [0.5, 0.6) is 0 Å². The highest BCUT2D eigenvalue weighted by atomic mass is 16.5. The number of aromatic nitrogens is 2. The second-order valence-electron chi connectivity index (χ2n) is 7.90. The second-order valence-corrected chi connectivity index (χ2v) is 7.90. The minimum atomic E-state index is -0.848. The zero-order chi connectivity index (χ0) is 18.6. The fourth-order valence-corrected chi connectivity index (χ4v) is 3.77. The van der Waals surface area contributed by atoms with Gasteiger partial charge in [0.25, 0.3) is 11.6 Å². The molecule has 2 fully saturated rings. The van der Waals surface area contributed by atoms with Crippen LogP contribution in [0.4, 0.5) is 0 Å². The van der Waals surface area contributed by atoms with Crippen molar-refractivity contribution in [1.29, 1.82) is 0 Å². The van der Waals surface area contributed by atoms with Crippen molar-refractivity contribution < 1.29 is 19.2 Å². The summed E-state index contributed by atoms with van der Waals surface area (Å²) >= 11 is 0. The number of carboxylic acids is 1. The number of hydrogen-bond acceptors (Lipinski definition) is 5. The molecule has 1 aliphatic carbocycles. The molecule has 2 aromatic heterocycles. The third-order valence-electron chi connectivity index (χ3n) is 5.48. The third-order valence-corrected chi connectivity index (χ3v) is 5.48. The Kier molecular flexibility index (Phi) is 3.97. The van der Waals surface area contributed by atoms with Crippen molar-refractivity contribution in [2.75, 3.05) is 13.1 Å². The van der Waals surface area contributed by atoms with Gasteiger partial charge in [-0.05, 0) is 30.7 Å². The number of rotatable bonds is 4. The molecule has 1 saturated carbocycles. The number of carbonyl (C=O) groups is 2. The summed E-state index contributed by atoms with van der Waals surface area (Å²) in [6.07, 6.45) is 2.14. The molecule has 2 atom stereocenters. The molecule has 7 heteroatoms. The highest BCUT2D eigenvalue weighted by Gasteiger charge is 2.38. The lowest BCUT2D eigenvalue weighted by atomic mass is 9.99. The van der Waals surface area contributed by atoms with E-state index in [1.54, 1.807) is 4.90 Å². The normalized spacial score (nSPS) is 23.2. The summed E-state index contributed by atoms with van der Waals surface area (Å²) in [6, 6.07) is 1.87. The zero-order valence-corrected chi connectivity index (χ0v) is 15.2. The Bertz CT molecular complexity index is 884. The van der Waals surface area contributed by atoms with E-state index in [9.17, 15) is 14.7 Å². The van der Waals surface area contributed by atoms with Gasteiger partial charge < -0.3 is 14.5 Å². The average molecular weight is 357 g/mol. The van der Waals surface area contributed by atoms with Crippen molar-refractivity contribution in [3.05, 3.63) is 23.0 Å². The molecule has 3 heterocycles. The summed E-state index contributed by atoms with van der Waals surface area (Å²) < 4.78 is 5.44. The van der Waals surface area contributed by atoms with Crippen LogP contribution in [0.3, 0.4) is 0 Å². The number of fused-ring (bicyclic) bond motifs is 1. The van der Waals surface area contributed by atoms with E-state index in [1.807, 2.05) is 26.8 Å². The smallest absolute Gasteiger partial charge is 0.308 e. The van der Waals surface area contributed by atoms with Crippen molar-refractivity contribution in [3.63, 3.8) is 0 Å².